The van der Waals surface area contributed by atoms with E-state index in [9.17, 15) is 81.0 Å². The van der Waals surface area contributed by atoms with E-state index in [4.69, 9.17) is 23.1 Å². The van der Waals surface area contributed by atoms with Crippen molar-refractivity contribution in [3.8, 4) is 33.4 Å². The monoisotopic (exact) mass is 1820 g/mol. The summed E-state index contributed by atoms with van der Waals surface area (Å²) in [5, 5.41) is 36.0. The third-order valence-electron chi connectivity index (χ3n) is 19.7. The first kappa shape index (κ1) is 118. The average Bonchev–Trinajstić information content (AvgIpc) is 0.854. The van der Waals surface area contributed by atoms with Gasteiger partial charge < -0.3 is 32.3 Å². The number of nitrogens with two attached hydrogens (primary N) is 2. The second-order valence-electron chi connectivity index (χ2n) is 34.0. The lowest BCUT2D eigenvalue weighted by atomic mass is 9.98. The Morgan fingerprint density at radius 3 is 0.852 bits per heavy atom. The Morgan fingerprint density at radius 2 is 0.609 bits per heavy atom. The van der Waals surface area contributed by atoms with Crippen LogP contribution >= 0.6 is 11.6 Å². The maximum Gasteiger partial charge on any atom is 0.320 e. The number of hydrogen-bond donors (Lipinski definition) is 10. The predicted octanol–water partition coefficient (Wildman–Crippen LogP) is 15.7. The van der Waals surface area contributed by atoms with Gasteiger partial charge in [0.2, 0.25) is 0 Å². The van der Waals surface area contributed by atoms with E-state index in [1.807, 2.05) is 183 Å². The number of benzene rings is 6. The minimum absolute atomic E-state index is 0.0255. The summed E-state index contributed by atoms with van der Waals surface area (Å²) in [6, 6.07) is 47.7. The fraction of sp³-hybridized carbons (Fsp3) is 0.510. The molecular weight excluding hydrogens is 1670 g/mol. The molecule has 0 aromatic heterocycles. The molecule has 0 fully saturated rings. The third-order valence-corrected chi connectivity index (χ3v) is 20.5. The molecule has 10 atom stereocenters. The van der Waals surface area contributed by atoms with Crippen LogP contribution in [0.25, 0.3) is 33.4 Å². The first-order valence-electron chi connectivity index (χ1n) is 44.1. The highest BCUT2D eigenvalue weighted by Gasteiger charge is 2.29. The Kier molecular flexibility index (Phi) is 59.9. The van der Waals surface area contributed by atoms with Gasteiger partial charge in [-0.3, -0.25) is 87.8 Å². The van der Waals surface area contributed by atoms with Gasteiger partial charge in [0.15, 0.2) is 5.78 Å². The van der Waals surface area contributed by atoms with E-state index in [1.165, 1.54) is 34.6 Å². The summed E-state index contributed by atoms with van der Waals surface area (Å²) < 4.78 is 26.1. The van der Waals surface area contributed by atoms with Crippen LogP contribution in [0.1, 0.15) is 247 Å². The lowest BCUT2D eigenvalue weighted by molar-refractivity contribution is -0.143. The molecule has 12 N–H and O–H groups in total. The molecule has 708 valence electrons. The van der Waals surface area contributed by atoms with Crippen LogP contribution in [-0.4, -0.2) is 180 Å². The molecule has 28 heteroatoms. The summed E-state index contributed by atoms with van der Waals surface area (Å²) in [5.74, 6) is -0.968. The van der Waals surface area contributed by atoms with Crippen LogP contribution in [0.3, 0.4) is 0 Å². The van der Waals surface area contributed by atoms with E-state index >= 15 is 0 Å². The summed E-state index contributed by atoms with van der Waals surface area (Å²) >= 11 is 5.36. The summed E-state index contributed by atoms with van der Waals surface area (Å²) in [5.41, 5.74) is 18.8. The molecule has 0 aliphatic carbocycles. The van der Waals surface area contributed by atoms with Crippen molar-refractivity contribution in [2.24, 2.45) is 41.1 Å². The number of rotatable bonds is 48. The van der Waals surface area contributed by atoms with Crippen LogP contribution in [0.2, 0.25) is 0 Å². The molecule has 6 rings (SSSR count). The van der Waals surface area contributed by atoms with Gasteiger partial charge >= 0.3 is 11.9 Å². The molecule has 1 unspecified atom stereocenters. The highest BCUT2D eigenvalue weighted by molar-refractivity contribution is 7.86. The van der Waals surface area contributed by atoms with Gasteiger partial charge in [-0.05, 0) is 237 Å². The maximum absolute atomic E-state index is 12.4. The molecule has 6 aromatic rings. The number of carboxylic acid groups (broad SMARTS) is 2. The van der Waals surface area contributed by atoms with Gasteiger partial charge in [0.05, 0.1) is 48.5 Å². The Labute approximate surface area is 766 Å². The van der Waals surface area contributed by atoms with Gasteiger partial charge in [-0.25, -0.2) is 0 Å². The van der Waals surface area contributed by atoms with Crippen molar-refractivity contribution in [1.29, 1.82) is 0 Å². The van der Waals surface area contributed by atoms with Crippen LogP contribution in [0.15, 0.2) is 164 Å². The molecule has 0 aliphatic heterocycles. The van der Waals surface area contributed by atoms with Gasteiger partial charge in [-0.1, -0.05) is 223 Å². The van der Waals surface area contributed by atoms with E-state index in [0.717, 1.165) is 78.2 Å². The van der Waals surface area contributed by atoms with Crippen LogP contribution < -0.4 is 43.4 Å². The first-order valence-corrected chi connectivity index (χ1v) is 46.3. The van der Waals surface area contributed by atoms with Gasteiger partial charge in [-0.15, -0.1) is 0 Å². The van der Waals surface area contributed by atoms with Crippen LogP contribution in [0, 0.1) is 29.6 Å². The fourth-order valence-electron chi connectivity index (χ4n) is 12.7. The van der Waals surface area contributed by atoms with Gasteiger partial charge in [-0.2, -0.15) is 8.42 Å². The first-order chi connectivity index (χ1) is 60.0. The summed E-state index contributed by atoms with van der Waals surface area (Å²) in [7, 11) is -3.53. The molecule has 0 heterocycles. The van der Waals surface area contributed by atoms with Crippen LogP contribution in [0.5, 0.6) is 0 Å². The highest BCUT2D eigenvalue weighted by Crippen LogP contribution is 2.24. The second kappa shape index (κ2) is 64.9. The molecular formula is C100H147ClN8O18S. The zero-order valence-electron chi connectivity index (χ0n) is 79.2. The normalized spacial score (nSPS) is 13.3. The lowest BCUT2D eigenvalue weighted by Crippen LogP contribution is -2.49. The van der Waals surface area contributed by atoms with Gasteiger partial charge in [0, 0.05) is 29.8 Å². The molecule has 0 spiro atoms. The van der Waals surface area contributed by atoms with Crippen molar-refractivity contribution in [2.75, 3.05) is 25.9 Å². The predicted molar refractivity (Wildman–Crippen MR) is 512 cm³/mol. The van der Waals surface area contributed by atoms with Gasteiger partial charge in [0.25, 0.3) is 27.2 Å². The Bertz CT molecular complexity index is 4240. The van der Waals surface area contributed by atoms with E-state index in [-0.39, 0.29) is 119 Å². The molecule has 0 bridgehead atoms. The van der Waals surface area contributed by atoms with Crippen molar-refractivity contribution < 1.29 is 85.1 Å². The quantitative estimate of drug-likeness (QED) is 0.0125. The van der Waals surface area contributed by atoms with Crippen molar-refractivity contribution >= 4 is 97.0 Å². The number of carboxylic acids is 2. The number of Topliss-reactive ketones (excluding diaryl/α,β-unsaturated/α-hetero) is 8. The molecule has 0 radical (unpaired) electrons. The number of hydrogen-bond acceptors (Lipinski definition) is 22. The number of aliphatic carboxylic acids is 2. The topological polar surface area (TPSA) is 430 Å². The van der Waals surface area contributed by atoms with E-state index in [2.05, 4.69) is 63.8 Å². The molecule has 0 saturated carbocycles. The lowest BCUT2D eigenvalue weighted by Gasteiger charge is -2.24. The van der Waals surface area contributed by atoms with Gasteiger partial charge in [0.1, 0.15) is 58.7 Å². The smallest absolute Gasteiger partial charge is 0.320 e. The van der Waals surface area contributed by atoms with Crippen LogP contribution in [-0.2, 0) is 62.2 Å². The highest BCUT2D eigenvalue weighted by atomic mass is 35.5. The van der Waals surface area contributed by atoms with Crippen molar-refractivity contribution in [3.63, 3.8) is 0 Å². The number of carbonyl (C=O) groups is 13. The number of ketones is 8. The van der Waals surface area contributed by atoms with E-state index in [1.54, 1.807) is 57.2 Å². The molecule has 2 amide bonds. The number of nitrogens with one attached hydrogen (secondary N) is 6. The molecule has 26 nitrogen and oxygen atoms in total. The third kappa shape index (κ3) is 53.2. The largest absolute Gasteiger partial charge is 0.480 e. The zero-order chi connectivity index (χ0) is 97.5. The Morgan fingerprint density at radius 1 is 0.344 bits per heavy atom. The number of halogens is 1. The number of carbonyl (C=O) groups excluding carboxylic acids is 11. The minimum Gasteiger partial charge on any atom is -0.480 e. The molecule has 0 aliphatic rings. The van der Waals surface area contributed by atoms with E-state index < -0.39 is 51.5 Å². The average molecular weight is 1820 g/mol. The van der Waals surface area contributed by atoms with Crippen LogP contribution in [0.4, 0.5) is 0 Å². The molecule has 128 heavy (non-hydrogen) atoms. The van der Waals surface area contributed by atoms with E-state index in [0.29, 0.717) is 79.6 Å². The summed E-state index contributed by atoms with van der Waals surface area (Å²) in [4.78, 5) is 149. The van der Waals surface area contributed by atoms with Crippen molar-refractivity contribution in [3.05, 3.63) is 180 Å². The minimum atomic E-state index is -3.53. The number of amides is 2. The standard InChI is InChI=1S/C25H32N2O3.C23H28N2O5.C13H9ClO.C13H25NO2.C12H24N2O2.C8H16O4S.C6H13NO/c1-17(2)16-24(19(4)29)27-23(18(3)28)14-15-26-25(30)22-12-10-21(11-13-22)20-8-6-5-7-9-20;1-15(2)14-20(23(29)30)25-19(22(27)28)12-13-24-21(26)18-10-8-17(9-11-18)16-6-4-3-5-7-16;14-13(15)12-8-6-11(7-9-12)10-4-2-1-3-5-10;1-6-7-12(10(4)15)14-13(11(5)16)8-9(2)3;1-8(2)7-12(10(4)16)14-11(5-6-13)9(3)15;1-6(2)5-8(7(3)9)12-13(4,10)11;1-3-4-6(7)5(2)8/h5-13,17,23-24,27H,14-16H2,1-4H3,(H,26,30);3-11,15,19-20,25H,12-14H2,1-2H3,(H,24,26)(H,27,28)(H,29,30);1-9H;9,12-14H,6-8H2,1-5H3;8,11-12,14H,5-7,13H2,1-4H3;6,8H,5H2,1-4H3;6H,3-4,7H2,1-2H3/t23-,24-;19-,20-;;12-,13-;11-,12-;;6-/m00.00.0/s1. The Hall–Kier alpha value is -9.81. The summed E-state index contributed by atoms with van der Waals surface area (Å²) in [6.45, 7) is 37.1. The fourth-order valence-corrected chi connectivity index (χ4v) is 13.5. The molecule has 6 aromatic carbocycles. The maximum atomic E-state index is 12.4. The summed E-state index contributed by atoms with van der Waals surface area (Å²) in [6.07, 6.45) is 7.75. The Balaban J connectivity index is 0.00000153. The second-order valence-corrected chi connectivity index (χ2v) is 36.0. The zero-order valence-corrected chi connectivity index (χ0v) is 80.8. The SMILES string of the molecule is CC(=O)C(CC(C)C)OS(C)(=O)=O.CC(=O)[C@H](CCN)N[C@@H](CC(C)C)C(C)=O.CC(=O)[C@H](CCNC(=O)c1ccc(-c2ccccc2)cc1)N[C@@H](CC(C)C)C(C)=O.CC(C)C[C@H](N[C@@H](CCNC(=O)c1ccc(-c2ccccc2)cc1)C(=O)O)C(=O)O.CCC[C@H](N)C(C)=O.CCC[C@H](N[C@@H](CC(C)C)C(C)=O)C(C)=O.O=C(Cl)c1ccc(-c2ccccc2)cc1. The molecule has 0 saturated heterocycles. The van der Waals surface area contributed by atoms with Crippen molar-refractivity contribution in [1.82, 2.24) is 31.9 Å². The van der Waals surface area contributed by atoms with Crippen molar-refractivity contribution in [2.45, 2.75) is 276 Å².